The molecule has 5 heteroatoms. The molecule has 0 aromatic carbocycles. The van der Waals surface area contributed by atoms with Crippen LogP contribution in [0.2, 0.25) is 0 Å². The lowest BCUT2D eigenvalue weighted by Crippen LogP contribution is -2.18. The van der Waals surface area contributed by atoms with Crippen molar-refractivity contribution in [3.63, 3.8) is 0 Å². The number of anilines is 1. The standard InChI is InChI=1S/C12H12N4O/c1-9-3-4-11(17-9)8-16(2)12-14-6-5-10(7-13)15-12/h3-6H,8H2,1-2H3. The highest BCUT2D eigenvalue weighted by Crippen LogP contribution is 2.12. The van der Waals surface area contributed by atoms with Crippen LogP contribution in [0.1, 0.15) is 17.2 Å². The summed E-state index contributed by atoms with van der Waals surface area (Å²) in [5.41, 5.74) is 0.359. The molecular formula is C12H12N4O. The first kappa shape index (κ1) is 11.1. The highest BCUT2D eigenvalue weighted by molar-refractivity contribution is 5.33. The van der Waals surface area contributed by atoms with Gasteiger partial charge < -0.3 is 9.32 Å². The Bertz CT molecular complexity index is 556. The van der Waals surface area contributed by atoms with Gasteiger partial charge in [0.2, 0.25) is 5.95 Å². The zero-order chi connectivity index (χ0) is 12.3. The van der Waals surface area contributed by atoms with Gasteiger partial charge in [0, 0.05) is 13.2 Å². The SMILES string of the molecule is Cc1ccc(CN(C)c2nccc(C#N)n2)o1. The number of hydrogen-bond acceptors (Lipinski definition) is 5. The zero-order valence-corrected chi connectivity index (χ0v) is 9.71. The highest BCUT2D eigenvalue weighted by Gasteiger charge is 2.08. The molecule has 0 saturated carbocycles. The van der Waals surface area contributed by atoms with Gasteiger partial charge in [-0.2, -0.15) is 5.26 Å². The average Bonchev–Trinajstić information content (AvgIpc) is 2.75. The van der Waals surface area contributed by atoms with Gasteiger partial charge in [-0.05, 0) is 25.1 Å². The Balaban J connectivity index is 2.14. The molecule has 0 radical (unpaired) electrons. The van der Waals surface area contributed by atoms with E-state index in [0.717, 1.165) is 11.5 Å². The van der Waals surface area contributed by atoms with Crippen LogP contribution in [-0.4, -0.2) is 17.0 Å². The van der Waals surface area contributed by atoms with Crippen molar-refractivity contribution in [3.05, 3.63) is 41.6 Å². The van der Waals surface area contributed by atoms with Crippen LogP contribution in [-0.2, 0) is 6.54 Å². The lowest BCUT2D eigenvalue weighted by Gasteiger charge is -2.14. The van der Waals surface area contributed by atoms with Gasteiger partial charge in [0.25, 0.3) is 0 Å². The Morgan fingerprint density at radius 3 is 2.88 bits per heavy atom. The van der Waals surface area contributed by atoms with Crippen molar-refractivity contribution in [2.24, 2.45) is 0 Å². The van der Waals surface area contributed by atoms with Crippen molar-refractivity contribution in [2.75, 3.05) is 11.9 Å². The van der Waals surface area contributed by atoms with Crippen molar-refractivity contribution in [1.82, 2.24) is 9.97 Å². The smallest absolute Gasteiger partial charge is 0.226 e. The van der Waals surface area contributed by atoms with Crippen LogP contribution in [0.5, 0.6) is 0 Å². The van der Waals surface area contributed by atoms with Crippen molar-refractivity contribution >= 4 is 5.95 Å². The summed E-state index contributed by atoms with van der Waals surface area (Å²) in [5, 5.41) is 8.76. The minimum Gasteiger partial charge on any atom is -0.464 e. The Morgan fingerprint density at radius 1 is 1.41 bits per heavy atom. The fourth-order valence-corrected chi connectivity index (χ4v) is 1.47. The predicted octanol–water partition coefficient (Wildman–Crippen LogP) is 1.89. The van der Waals surface area contributed by atoms with Crippen molar-refractivity contribution in [2.45, 2.75) is 13.5 Å². The van der Waals surface area contributed by atoms with Gasteiger partial charge in [-0.3, -0.25) is 0 Å². The number of nitrogens with zero attached hydrogens (tertiary/aromatic N) is 4. The average molecular weight is 228 g/mol. The molecule has 86 valence electrons. The Kier molecular flexibility index (Phi) is 3.06. The van der Waals surface area contributed by atoms with Crippen LogP contribution in [0.4, 0.5) is 5.95 Å². The molecule has 2 aromatic rings. The lowest BCUT2D eigenvalue weighted by molar-refractivity contribution is 0.480. The summed E-state index contributed by atoms with van der Waals surface area (Å²) in [5.74, 6) is 2.23. The third kappa shape index (κ3) is 2.61. The number of aryl methyl sites for hydroxylation is 1. The molecule has 0 atom stereocenters. The van der Waals surface area contributed by atoms with Gasteiger partial charge in [-0.15, -0.1) is 0 Å². The first-order valence-electron chi connectivity index (χ1n) is 5.18. The summed E-state index contributed by atoms with van der Waals surface area (Å²) < 4.78 is 5.47. The Labute approximate surface area is 99.3 Å². The fourth-order valence-electron chi connectivity index (χ4n) is 1.47. The zero-order valence-electron chi connectivity index (χ0n) is 9.71. The normalized spacial score (nSPS) is 9.94. The van der Waals surface area contributed by atoms with E-state index in [2.05, 4.69) is 9.97 Å². The first-order chi connectivity index (χ1) is 8.19. The van der Waals surface area contributed by atoms with Crippen LogP contribution in [0.3, 0.4) is 0 Å². The van der Waals surface area contributed by atoms with E-state index < -0.39 is 0 Å². The first-order valence-corrected chi connectivity index (χ1v) is 5.18. The van der Waals surface area contributed by atoms with Crippen molar-refractivity contribution < 1.29 is 4.42 Å². The molecule has 17 heavy (non-hydrogen) atoms. The van der Waals surface area contributed by atoms with E-state index in [9.17, 15) is 0 Å². The van der Waals surface area contributed by atoms with E-state index in [1.807, 2.05) is 37.1 Å². The quantitative estimate of drug-likeness (QED) is 0.802. The van der Waals surface area contributed by atoms with Crippen LogP contribution >= 0.6 is 0 Å². The van der Waals surface area contributed by atoms with Gasteiger partial charge in [-0.1, -0.05) is 0 Å². The number of nitriles is 1. The predicted molar refractivity (Wildman–Crippen MR) is 62.3 cm³/mol. The van der Waals surface area contributed by atoms with Crippen molar-refractivity contribution in [1.29, 1.82) is 5.26 Å². The minimum absolute atomic E-state index is 0.359. The number of furan rings is 1. The summed E-state index contributed by atoms with van der Waals surface area (Å²) in [4.78, 5) is 10.1. The van der Waals surface area contributed by atoms with Crippen LogP contribution in [0.25, 0.3) is 0 Å². The second-order valence-electron chi connectivity index (χ2n) is 3.72. The summed E-state index contributed by atoms with van der Waals surface area (Å²) in [7, 11) is 1.86. The number of aromatic nitrogens is 2. The maximum absolute atomic E-state index is 8.76. The van der Waals surface area contributed by atoms with Gasteiger partial charge in [0.05, 0.1) is 6.54 Å². The van der Waals surface area contributed by atoms with Crippen LogP contribution < -0.4 is 4.90 Å². The molecule has 0 unspecified atom stereocenters. The molecule has 0 aliphatic carbocycles. The van der Waals surface area contributed by atoms with E-state index in [1.165, 1.54) is 0 Å². The maximum atomic E-state index is 8.76. The summed E-state index contributed by atoms with van der Waals surface area (Å²) >= 11 is 0. The van der Waals surface area contributed by atoms with Crippen molar-refractivity contribution in [3.8, 4) is 6.07 Å². The summed E-state index contributed by atoms with van der Waals surface area (Å²) in [6.45, 7) is 2.47. The highest BCUT2D eigenvalue weighted by atomic mass is 16.3. The molecule has 0 fully saturated rings. The molecule has 2 aromatic heterocycles. The topological polar surface area (TPSA) is 66.0 Å². The molecule has 0 aliphatic rings. The Hall–Kier alpha value is -2.35. The van der Waals surface area contributed by atoms with E-state index in [0.29, 0.717) is 18.2 Å². The van der Waals surface area contributed by atoms with Gasteiger partial charge in [-0.25, -0.2) is 9.97 Å². The molecule has 0 aliphatic heterocycles. The molecule has 5 nitrogen and oxygen atoms in total. The molecule has 0 N–H and O–H groups in total. The molecular weight excluding hydrogens is 216 g/mol. The minimum atomic E-state index is 0.359. The number of rotatable bonds is 3. The summed E-state index contributed by atoms with van der Waals surface area (Å²) in [6, 6.07) is 7.40. The largest absolute Gasteiger partial charge is 0.464 e. The van der Waals surface area contributed by atoms with E-state index in [-0.39, 0.29) is 0 Å². The Morgan fingerprint density at radius 2 is 2.24 bits per heavy atom. The van der Waals surface area contributed by atoms with Crippen LogP contribution in [0, 0.1) is 18.3 Å². The third-order valence-corrected chi connectivity index (χ3v) is 2.29. The molecule has 0 amide bonds. The van der Waals surface area contributed by atoms with Gasteiger partial charge >= 0.3 is 0 Å². The maximum Gasteiger partial charge on any atom is 0.226 e. The molecule has 2 heterocycles. The van der Waals surface area contributed by atoms with E-state index >= 15 is 0 Å². The molecule has 0 bridgehead atoms. The monoisotopic (exact) mass is 228 g/mol. The molecule has 0 spiro atoms. The van der Waals surface area contributed by atoms with Gasteiger partial charge in [0.15, 0.2) is 0 Å². The second kappa shape index (κ2) is 4.66. The molecule has 0 saturated heterocycles. The van der Waals surface area contributed by atoms with Crippen LogP contribution in [0.15, 0.2) is 28.8 Å². The fraction of sp³-hybridized carbons (Fsp3) is 0.250. The van der Waals surface area contributed by atoms with E-state index in [1.54, 1.807) is 12.3 Å². The van der Waals surface area contributed by atoms with E-state index in [4.69, 9.17) is 9.68 Å². The van der Waals surface area contributed by atoms with Gasteiger partial charge in [0.1, 0.15) is 23.3 Å². The number of hydrogen-bond donors (Lipinski definition) is 0. The summed E-state index contributed by atoms with van der Waals surface area (Å²) in [6.07, 6.45) is 1.57. The third-order valence-electron chi connectivity index (χ3n) is 2.29. The molecule has 2 rings (SSSR count). The lowest BCUT2D eigenvalue weighted by atomic mass is 10.4. The second-order valence-corrected chi connectivity index (χ2v) is 3.72.